The molecule has 0 saturated carbocycles. The van der Waals surface area contributed by atoms with Crippen LogP contribution in [0.3, 0.4) is 0 Å². The molecule has 2 aromatic rings. The van der Waals surface area contributed by atoms with Crippen LogP contribution >= 0.6 is 23.2 Å². The highest BCUT2D eigenvalue weighted by Gasteiger charge is 2.21. The van der Waals surface area contributed by atoms with Gasteiger partial charge in [-0.3, -0.25) is 0 Å². The second-order valence-electron chi connectivity index (χ2n) is 4.57. The van der Waals surface area contributed by atoms with E-state index >= 15 is 0 Å². The third-order valence-electron chi connectivity index (χ3n) is 3.02. The number of aryl methyl sites for hydroxylation is 2. The van der Waals surface area contributed by atoms with Gasteiger partial charge >= 0.3 is 10.1 Å². The highest BCUT2D eigenvalue weighted by molar-refractivity contribution is 7.87. The molecule has 0 saturated heterocycles. The molecule has 6 heteroatoms. The SMILES string of the molecule is CCc1ccc(OS(=O)(=O)c2cc(Cl)c(Cl)cc2C)cc1. The summed E-state index contributed by atoms with van der Waals surface area (Å²) in [4.78, 5) is 0.0106. The van der Waals surface area contributed by atoms with Gasteiger partial charge in [-0.25, -0.2) is 0 Å². The number of rotatable bonds is 4. The third-order valence-corrected chi connectivity index (χ3v) is 5.14. The van der Waals surface area contributed by atoms with Crippen LogP contribution in [0.2, 0.25) is 10.0 Å². The third kappa shape index (κ3) is 3.70. The van der Waals surface area contributed by atoms with E-state index in [0.717, 1.165) is 12.0 Å². The highest BCUT2D eigenvalue weighted by atomic mass is 35.5. The van der Waals surface area contributed by atoms with Crippen LogP contribution in [-0.2, 0) is 16.5 Å². The summed E-state index contributed by atoms with van der Waals surface area (Å²) < 4.78 is 29.8. The van der Waals surface area contributed by atoms with E-state index < -0.39 is 10.1 Å². The van der Waals surface area contributed by atoms with E-state index in [4.69, 9.17) is 27.4 Å². The van der Waals surface area contributed by atoms with Crippen LogP contribution < -0.4 is 4.18 Å². The summed E-state index contributed by atoms with van der Waals surface area (Å²) in [7, 11) is -3.95. The summed E-state index contributed by atoms with van der Waals surface area (Å²) in [6.45, 7) is 3.66. The maximum Gasteiger partial charge on any atom is 0.339 e. The monoisotopic (exact) mass is 344 g/mol. The molecule has 0 bridgehead atoms. The molecule has 0 fully saturated rings. The Labute approximate surface area is 134 Å². The summed E-state index contributed by atoms with van der Waals surface area (Å²) >= 11 is 11.7. The van der Waals surface area contributed by atoms with E-state index in [1.165, 1.54) is 12.1 Å². The molecule has 0 heterocycles. The number of halogens is 2. The summed E-state index contributed by atoms with van der Waals surface area (Å²) in [6.07, 6.45) is 0.874. The van der Waals surface area contributed by atoms with Crippen molar-refractivity contribution in [1.82, 2.24) is 0 Å². The predicted octanol–water partition coefficient (Wildman–Crippen LogP) is 4.63. The molecule has 0 aliphatic heterocycles. The fourth-order valence-corrected chi connectivity index (χ4v) is 3.47. The molecule has 0 amide bonds. The molecule has 0 unspecified atom stereocenters. The van der Waals surface area contributed by atoms with Gasteiger partial charge in [0, 0.05) is 0 Å². The standard InChI is InChI=1S/C15H14Cl2O3S/c1-3-11-4-6-12(7-5-11)20-21(18,19)15-9-14(17)13(16)8-10(15)2/h4-9H,3H2,1-2H3. The lowest BCUT2D eigenvalue weighted by Gasteiger charge is -2.10. The Hall–Kier alpha value is -1.23. The Bertz CT molecular complexity index is 753. The molecule has 0 N–H and O–H groups in total. The van der Waals surface area contributed by atoms with E-state index in [1.807, 2.05) is 19.1 Å². The predicted molar refractivity (Wildman–Crippen MR) is 84.8 cm³/mol. The zero-order valence-corrected chi connectivity index (χ0v) is 13.9. The van der Waals surface area contributed by atoms with Crippen molar-refractivity contribution in [2.75, 3.05) is 0 Å². The van der Waals surface area contributed by atoms with E-state index in [2.05, 4.69) is 0 Å². The Morgan fingerprint density at radius 2 is 1.62 bits per heavy atom. The van der Waals surface area contributed by atoms with E-state index in [9.17, 15) is 8.42 Å². The fraction of sp³-hybridized carbons (Fsp3) is 0.200. The van der Waals surface area contributed by atoms with Gasteiger partial charge in [0.1, 0.15) is 10.6 Å². The Balaban J connectivity index is 2.35. The van der Waals surface area contributed by atoms with E-state index in [0.29, 0.717) is 10.6 Å². The summed E-state index contributed by atoms with van der Waals surface area (Å²) in [5.74, 6) is 0.262. The van der Waals surface area contributed by atoms with Crippen molar-refractivity contribution < 1.29 is 12.6 Å². The van der Waals surface area contributed by atoms with E-state index in [1.54, 1.807) is 19.1 Å². The van der Waals surface area contributed by atoms with Crippen LogP contribution in [0, 0.1) is 6.92 Å². The van der Waals surface area contributed by atoms with Crippen LogP contribution in [0.1, 0.15) is 18.1 Å². The van der Waals surface area contributed by atoms with Gasteiger partial charge in [-0.15, -0.1) is 0 Å². The molecule has 0 aliphatic rings. The van der Waals surface area contributed by atoms with Crippen molar-refractivity contribution >= 4 is 33.3 Å². The molecule has 0 atom stereocenters. The quantitative estimate of drug-likeness (QED) is 0.759. The van der Waals surface area contributed by atoms with Gasteiger partial charge < -0.3 is 4.18 Å². The van der Waals surface area contributed by atoms with Crippen molar-refractivity contribution in [3.63, 3.8) is 0 Å². The van der Waals surface area contributed by atoms with Crippen molar-refractivity contribution in [2.24, 2.45) is 0 Å². The number of hydrogen-bond donors (Lipinski definition) is 0. The molecule has 2 rings (SSSR count). The van der Waals surface area contributed by atoms with Gasteiger partial charge in [-0.2, -0.15) is 8.42 Å². The van der Waals surface area contributed by atoms with Crippen LogP contribution in [0.25, 0.3) is 0 Å². The first-order valence-corrected chi connectivity index (χ1v) is 8.49. The highest BCUT2D eigenvalue weighted by Crippen LogP contribution is 2.29. The summed E-state index contributed by atoms with van der Waals surface area (Å²) in [5, 5.41) is 0.478. The molecular weight excluding hydrogens is 331 g/mol. The lowest BCUT2D eigenvalue weighted by atomic mass is 10.2. The van der Waals surface area contributed by atoms with Gasteiger partial charge in [-0.05, 0) is 48.7 Å². The minimum atomic E-state index is -3.95. The average Bonchev–Trinajstić information content (AvgIpc) is 2.43. The van der Waals surface area contributed by atoms with Crippen molar-refractivity contribution in [3.05, 3.63) is 57.6 Å². The minimum absolute atomic E-state index is 0.0106. The molecule has 0 aromatic heterocycles. The smallest absolute Gasteiger partial charge is 0.339 e. The van der Waals surface area contributed by atoms with Gasteiger partial charge in [0.15, 0.2) is 0 Å². The Morgan fingerprint density at radius 3 is 2.19 bits per heavy atom. The zero-order chi connectivity index (χ0) is 15.6. The van der Waals surface area contributed by atoms with Gasteiger partial charge in [-0.1, -0.05) is 42.3 Å². The second-order valence-corrected chi connectivity index (χ2v) is 6.90. The van der Waals surface area contributed by atoms with Gasteiger partial charge in [0.2, 0.25) is 0 Å². The summed E-state index contributed by atoms with van der Waals surface area (Å²) in [6, 6.07) is 9.71. The van der Waals surface area contributed by atoms with Gasteiger partial charge in [0.25, 0.3) is 0 Å². The molecule has 21 heavy (non-hydrogen) atoms. The Morgan fingerprint density at radius 1 is 1.05 bits per heavy atom. The maximum atomic E-state index is 12.3. The number of hydrogen-bond acceptors (Lipinski definition) is 3. The molecule has 0 spiro atoms. The molecule has 112 valence electrons. The van der Waals surface area contributed by atoms with Crippen molar-refractivity contribution in [2.45, 2.75) is 25.2 Å². The minimum Gasteiger partial charge on any atom is -0.379 e. The lowest BCUT2D eigenvalue weighted by molar-refractivity contribution is 0.485. The van der Waals surface area contributed by atoms with Crippen LogP contribution in [-0.4, -0.2) is 8.42 Å². The number of benzene rings is 2. The second kappa shape index (κ2) is 6.26. The molecule has 0 aliphatic carbocycles. The lowest BCUT2D eigenvalue weighted by Crippen LogP contribution is -2.11. The van der Waals surface area contributed by atoms with Crippen LogP contribution in [0.15, 0.2) is 41.3 Å². The first kappa shape index (κ1) is 16.1. The normalized spacial score (nSPS) is 11.4. The Kier molecular flexibility index (Phi) is 4.81. The van der Waals surface area contributed by atoms with E-state index in [-0.39, 0.29) is 15.7 Å². The molecular formula is C15H14Cl2O3S. The first-order valence-electron chi connectivity index (χ1n) is 6.32. The fourth-order valence-electron chi connectivity index (χ4n) is 1.85. The van der Waals surface area contributed by atoms with Crippen LogP contribution in [0.4, 0.5) is 0 Å². The van der Waals surface area contributed by atoms with Gasteiger partial charge in [0.05, 0.1) is 10.0 Å². The first-order chi connectivity index (χ1) is 9.83. The molecule has 0 radical (unpaired) electrons. The average molecular weight is 345 g/mol. The molecule has 3 nitrogen and oxygen atoms in total. The topological polar surface area (TPSA) is 43.4 Å². The largest absolute Gasteiger partial charge is 0.379 e. The zero-order valence-electron chi connectivity index (χ0n) is 11.6. The molecule has 2 aromatic carbocycles. The van der Waals surface area contributed by atoms with Crippen molar-refractivity contribution in [3.8, 4) is 5.75 Å². The maximum absolute atomic E-state index is 12.3. The van der Waals surface area contributed by atoms with Crippen LogP contribution in [0.5, 0.6) is 5.75 Å². The van der Waals surface area contributed by atoms with Crippen molar-refractivity contribution in [1.29, 1.82) is 0 Å². The summed E-state index contributed by atoms with van der Waals surface area (Å²) in [5.41, 5.74) is 1.58.